The van der Waals surface area contributed by atoms with Crippen LogP contribution in [-0.4, -0.2) is 9.55 Å². The highest BCUT2D eigenvalue weighted by atomic mass is 35.5. The van der Waals surface area contributed by atoms with Crippen molar-refractivity contribution >= 4 is 33.2 Å². The third-order valence-electron chi connectivity index (χ3n) is 3.98. The summed E-state index contributed by atoms with van der Waals surface area (Å²) in [5.41, 5.74) is 2.44. The van der Waals surface area contributed by atoms with Gasteiger partial charge in [0.1, 0.15) is 10.6 Å². The fraction of sp³-hybridized carbons (Fsp3) is 0.0526. The van der Waals surface area contributed by atoms with Crippen LogP contribution in [0.1, 0.15) is 5.56 Å². The van der Waals surface area contributed by atoms with Gasteiger partial charge in [0.15, 0.2) is 0 Å². The zero-order valence-corrected chi connectivity index (χ0v) is 14.5. The van der Waals surface area contributed by atoms with Gasteiger partial charge in [-0.15, -0.1) is 11.3 Å². The molecule has 0 radical (unpaired) electrons. The molecule has 2 aromatic carbocycles. The largest absolute Gasteiger partial charge is 0.294 e. The van der Waals surface area contributed by atoms with Crippen molar-refractivity contribution in [2.24, 2.45) is 0 Å². The standard InChI is InChI=1S/C19H12ClFN2OS/c20-14-5-1-12(2-6-14)9-23-11-22-18-17(19(23)24)16(10-25-18)13-3-7-15(21)8-4-13/h1-8,10-11H,9H2. The molecule has 0 saturated carbocycles. The molecule has 0 N–H and O–H groups in total. The monoisotopic (exact) mass is 370 g/mol. The maximum Gasteiger partial charge on any atom is 0.263 e. The number of hydrogen-bond acceptors (Lipinski definition) is 3. The highest BCUT2D eigenvalue weighted by Gasteiger charge is 2.13. The topological polar surface area (TPSA) is 34.9 Å². The molecule has 25 heavy (non-hydrogen) atoms. The lowest BCUT2D eigenvalue weighted by Gasteiger charge is -2.07. The average molecular weight is 371 g/mol. The molecule has 0 atom stereocenters. The Kier molecular flexibility index (Phi) is 4.11. The van der Waals surface area contributed by atoms with Crippen molar-refractivity contribution in [3.05, 3.63) is 87.0 Å². The molecule has 0 bridgehead atoms. The van der Waals surface area contributed by atoms with E-state index in [1.165, 1.54) is 23.5 Å². The lowest BCUT2D eigenvalue weighted by molar-refractivity contribution is 0.628. The van der Waals surface area contributed by atoms with Crippen LogP contribution in [0.4, 0.5) is 4.39 Å². The SMILES string of the molecule is O=c1c2c(-c3ccc(F)cc3)csc2ncn1Cc1ccc(Cl)cc1. The Bertz CT molecular complexity index is 1100. The summed E-state index contributed by atoms with van der Waals surface area (Å²) < 4.78 is 14.7. The number of halogens is 2. The average Bonchev–Trinajstić information content (AvgIpc) is 3.05. The quantitative estimate of drug-likeness (QED) is 0.510. The molecule has 0 aliphatic rings. The molecule has 4 rings (SSSR count). The van der Waals surface area contributed by atoms with Gasteiger partial charge in [0, 0.05) is 16.0 Å². The highest BCUT2D eigenvalue weighted by Crippen LogP contribution is 2.30. The minimum atomic E-state index is -0.304. The van der Waals surface area contributed by atoms with E-state index in [2.05, 4.69) is 4.98 Å². The van der Waals surface area contributed by atoms with Crippen molar-refractivity contribution in [2.75, 3.05) is 0 Å². The Labute approximate surface area is 152 Å². The van der Waals surface area contributed by atoms with Gasteiger partial charge >= 0.3 is 0 Å². The van der Waals surface area contributed by atoms with E-state index in [1.807, 2.05) is 17.5 Å². The zero-order valence-electron chi connectivity index (χ0n) is 12.9. The fourth-order valence-corrected chi connectivity index (χ4v) is 3.74. The van der Waals surface area contributed by atoms with Crippen molar-refractivity contribution < 1.29 is 4.39 Å². The first-order valence-corrected chi connectivity index (χ1v) is 8.84. The molecular formula is C19H12ClFN2OS. The Morgan fingerprint density at radius 3 is 2.52 bits per heavy atom. The van der Waals surface area contributed by atoms with E-state index in [9.17, 15) is 9.18 Å². The summed E-state index contributed by atoms with van der Waals surface area (Å²) in [6.45, 7) is 0.414. The van der Waals surface area contributed by atoms with E-state index in [-0.39, 0.29) is 11.4 Å². The molecule has 0 amide bonds. The molecule has 0 saturated heterocycles. The molecule has 0 aliphatic carbocycles. The van der Waals surface area contributed by atoms with Gasteiger partial charge in [-0.25, -0.2) is 9.37 Å². The van der Waals surface area contributed by atoms with Crippen LogP contribution in [0.3, 0.4) is 0 Å². The number of aromatic nitrogens is 2. The van der Waals surface area contributed by atoms with Gasteiger partial charge in [-0.2, -0.15) is 0 Å². The molecule has 3 nitrogen and oxygen atoms in total. The van der Waals surface area contributed by atoms with E-state index in [0.29, 0.717) is 21.8 Å². The minimum absolute atomic E-state index is 0.111. The minimum Gasteiger partial charge on any atom is -0.294 e. The molecule has 0 aliphatic heterocycles. The van der Waals surface area contributed by atoms with Crippen LogP contribution < -0.4 is 5.56 Å². The van der Waals surface area contributed by atoms with Crippen LogP contribution in [0.5, 0.6) is 0 Å². The van der Waals surface area contributed by atoms with Crippen molar-refractivity contribution in [2.45, 2.75) is 6.54 Å². The first-order chi connectivity index (χ1) is 12.1. The molecule has 2 aromatic heterocycles. The molecule has 0 unspecified atom stereocenters. The third-order valence-corrected chi connectivity index (χ3v) is 5.12. The predicted octanol–water partition coefficient (Wildman–Crippen LogP) is 4.97. The lowest BCUT2D eigenvalue weighted by Crippen LogP contribution is -2.20. The van der Waals surface area contributed by atoms with Crippen molar-refractivity contribution in [1.29, 1.82) is 0 Å². The van der Waals surface area contributed by atoms with Crippen molar-refractivity contribution in [3.8, 4) is 11.1 Å². The second-order valence-corrected chi connectivity index (χ2v) is 6.94. The number of hydrogen-bond donors (Lipinski definition) is 0. The first kappa shape index (κ1) is 16.0. The third kappa shape index (κ3) is 3.08. The molecule has 2 heterocycles. The Hall–Kier alpha value is -2.50. The lowest BCUT2D eigenvalue weighted by atomic mass is 10.1. The fourth-order valence-electron chi connectivity index (χ4n) is 2.71. The van der Waals surface area contributed by atoms with Crippen LogP contribution in [0, 0.1) is 5.82 Å². The number of fused-ring (bicyclic) bond motifs is 1. The molecule has 0 fully saturated rings. The molecule has 124 valence electrons. The van der Waals surface area contributed by atoms with Crippen LogP contribution in [0.15, 0.2) is 65.0 Å². The summed E-state index contributed by atoms with van der Waals surface area (Å²) in [6, 6.07) is 13.5. The van der Waals surface area contributed by atoms with E-state index in [1.54, 1.807) is 35.2 Å². The molecule has 0 spiro atoms. The smallest absolute Gasteiger partial charge is 0.263 e. The van der Waals surface area contributed by atoms with Gasteiger partial charge in [-0.05, 0) is 35.4 Å². The number of benzene rings is 2. The van der Waals surface area contributed by atoms with Crippen LogP contribution in [-0.2, 0) is 6.54 Å². The van der Waals surface area contributed by atoms with Crippen LogP contribution >= 0.6 is 22.9 Å². The van der Waals surface area contributed by atoms with Crippen LogP contribution in [0.25, 0.3) is 21.3 Å². The highest BCUT2D eigenvalue weighted by molar-refractivity contribution is 7.17. The predicted molar refractivity (Wildman–Crippen MR) is 99.8 cm³/mol. The Morgan fingerprint density at radius 2 is 1.80 bits per heavy atom. The Balaban J connectivity index is 1.81. The normalized spacial score (nSPS) is 11.1. The number of thiophene rings is 1. The van der Waals surface area contributed by atoms with Gasteiger partial charge in [-0.3, -0.25) is 9.36 Å². The van der Waals surface area contributed by atoms with E-state index >= 15 is 0 Å². The van der Waals surface area contributed by atoms with Gasteiger partial charge in [0.2, 0.25) is 0 Å². The summed E-state index contributed by atoms with van der Waals surface area (Å²) in [7, 11) is 0. The zero-order chi connectivity index (χ0) is 17.4. The van der Waals surface area contributed by atoms with Gasteiger partial charge in [0.05, 0.1) is 18.3 Å². The number of nitrogens with zero attached hydrogens (tertiary/aromatic N) is 2. The van der Waals surface area contributed by atoms with Crippen molar-refractivity contribution in [3.63, 3.8) is 0 Å². The molecule has 4 aromatic rings. The van der Waals surface area contributed by atoms with Crippen LogP contribution in [0.2, 0.25) is 5.02 Å². The summed E-state index contributed by atoms with van der Waals surface area (Å²) in [4.78, 5) is 18.0. The summed E-state index contributed by atoms with van der Waals surface area (Å²) >= 11 is 7.31. The number of rotatable bonds is 3. The molecular weight excluding hydrogens is 359 g/mol. The van der Waals surface area contributed by atoms with E-state index in [4.69, 9.17) is 11.6 Å². The van der Waals surface area contributed by atoms with Crippen molar-refractivity contribution in [1.82, 2.24) is 9.55 Å². The van der Waals surface area contributed by atoms with Gasteiger partial charge in [0.25, 0.3) is 5.56 Å². The Morgan fingerprint density at radius 1 is 1.08 bits per heavy atom. The molecule has 6 heteroatoms. The second-order valence-electron chi connectivity index (χ2n) is 5.64. The van der Waals surface area contributed by atoms with Gasteiger partial charge < -0.3 is 0 Å². The van der Waals surface area contributed by atoms with Gasteiger partial charge in [-0.1, -0.05) is 35.9 Å². The first-order valence-electron chi connectivity index (χ1n) is 7.59. The summed E-state index contributed by atoms with van der Waals surface area (Å²) in [6.07, 6.45) is 1.56. The van der Waals surface area contributed by atoms with E-state index < -0.39 is 0 Å². The summed E-state index contributed by atoms with van der Waals surface area (Å²) in [5.74, 6) is -0.304. The maximum absolute atomic E-state index is 13.2. The summed E-state index contributed by atoms with van der Waals surface area (Å²) in [5, 5.41) is 3.10. The second kappa shape index (κ2) is 6.43. The maximum atomic E-state index is 13.2. The van der Waals surface area contributed by atoms with E-state index in [0.717, 1.165) is 16.7 Å².